The van der Waals surface area contributed by atoms with Crippen LogP contribution < -0.4 is 10.0 Å². The standard InChI is InChI=1S/C20H18FN3O3S2/c1-3-12-22-29(26,27)17-10-6-15(7-11-17)19(25)24-20-23-18(13(2)28-20)14-4-8-16(21)9-5-14/h3-11,22H,1,12H2,2H3,(H,23,24,25). The van der Waals surface area contributed by atoms with Crippen LogP contribution in [0.25, 0.3) is 11.3 Å². The summed E-state index contributed by atoms with van der Waals surface area (Å²) in [6, 6.07) is 11.5. The van der Waals surface area contributed by atoms with Gasteiger partial charge in [0.15, 0.2) is 5.13 Å². The van der Waals surface area contributed by atoms with Crippen LogP contribution in [0, 0.1) is 12.7 Å². The Balaban J connectivity index is 1.74. The van der Waals surface area contributed by atoms with Crippen molar-refractivity contribution in [2.75, 3.05) is 11.9 Å². The Morgan fingerprint density at radius 3 is 2.45 bits per heavy atom. The van der Waals surface area contributed by atoms with Gasteiger partial charge >= 0.3 is 0 Å². The summed E-state index contributed by atoms with van der Waals surface area (Å²) < 4.78 is 39.6. The zero-order valence-electron chi connectivity index (χ0n) is 15.5. The third-order valence-electron chi connectivity index (χ3n) is 3.98. The number of carbonyl (C=O) groups excluding carboxylic acids is 1. The minimum atomic E-state index is -3.65. The number of anilines is 1. The van der Waals surface area contributed by atoms with Crippen molar-refractivity contribution in [3.8, 4) is 11.3 Å². The van der Waals surface area contributed by atoms with Gasteiger partial charge in [-0.3, -0.25) is 10.1 Å². The maximum Gasteiger partial charge on any atom is 0.257 e. The second-order valence-electron chi connectivity index (χ2n) is 6.05. The summed E-state index contributed by atoms with van der Waals surface area (Å²) in [6.45, 7) is 5.44. The van der Waals surface area contributed by atoms with Crippen molar-refractivity contribution in [2.45, 2.75) is 11.8 Å². The van der Waals surface area contributed by atoms with Gasteiger partial charge in [-0.1, -0.05) is 6.08 Å². The van der Waals surface area contributed by atoms with Crippen molar-refractivity contribution in [1.82, 2.24) is 9.71 Å². The van der Waals surface area contributed by atoms with E-state index in [1.807, 2.05) is 6.92 Å². The molecule has 1 aromatic heterocycles. The van der Waals surface area contributed by atoms with Gasteiger partial charge in [-0.25, -0.2) is 22.5 Å². The molecule has 3 rings (SSSR count). The summed E-state index contributed by atoms with van der Waals surface area (Å²) in [4.78, 5) is 17.8. The average molecular weight is 432 g/mol. The molecule has 0 aliphatic rings. The lowest BCUT2D eigenvalue weighted by atomic mass is 10.1. The van der Waals surface area contributed by atoms with Gasteiger partial charge in [0.2, 0.25) is 10.0 Å². The fraction of sp³-hybridized carbons (Fsp3) is 0.100. The number of amides is 1. The monoisotopic (exact) mass is 431 g/mol. The molecule has 9 heteroatoms. The number of hydrogen-bond acceptors (Lipinski definition) is 5. The van der Waals surface area contributed by atoms with E-state index in [1.165, 1.54) is 53.8 Å². The lowest BCUT2D eigenvalue weighted by Gasteiger charge is -2.06. The number of hydrogen-bond donors (Lipinski definition) is 2. The molecule has 0 aliphatic heterocycles. The van der Waals surface area contributed by atoms with Gasteiger partial charge < -0.3 is 0 Å². The van der Waals surface area contributed by atoms with Gasteiger partial charge in [-0.2, -0.15) is 0 Å². The van der Waals surface area contributed by atoms with Crippen LogP contribution in [-0.2, 0) is 10.0 Å². The molecule has 0 radical (unpaired) electrons. The van der Waals surface area contributed by atoms with Crippen LogP contribution in [0.3, 0.4) is 0 Å². The normalized spacial score (nSPS) is 11.2. The third kappa shape index (κ3) is 4.94. The number of halogens is 1. The van der Waals surface area contributed by atoms with Crippen LogP contribution in [0.4, 0.5) is 9.52 Å². The summed E-state index contributed by atoms with van der Waals surface area (Å²) in [5, 5.41) is 3.11. The molecule has 2 aromatic carbocycles. The molecule has 6 nitrogen and oxygen atoms in total. The fourth-order valence-corrected chi connectivity index (χ4v) is 4.36. The van der Waals surface area contributed by atoms with E-state index in [1.54, 1.807) is 12.1 Å². The molecule has 1 amide bonds. The first kappa shape index (κ1) is 20.8. The largest absolute Gasteiger partial charge is 0.298 e. The van der Waals surface area contributed by atoms with Gasteiger partial charge in [0, 0.05) is 22.5 Å². The number of nitrogens with zero attached hydrogens (tertiary/aromatic N) is 1. The molecule has 2 N–H and O–H groups in total. The Hall–Kier alpha value is -2.88. The lowest BCUT2D eigenvalue weighted by molar-refractivity contribution is 0.102. The highest BCUT2D eigenvalue weighted by molar-refractivity contribution is 7.89. The molecule has 0 atom stereocenters. The van der Waals surface area contributed by atoms with E-state index < -0.39 is 15.9 Å². The summed E-state index contributed by atoms with van der Waals surface area (Å²) >= 11 is 1.30. The van der Waals surface area contributed by atoms with Gasteiger partial charge in [-0.15, -0.1) is 17.9 Å². The molecule has 0 aliphatic carbocycles. The second kappa shape index (κ2) is 8.64. The lowest BCUT2D eigenvalue weighted by Crippen LogP contribution is -2.23. The van der Waals surface area contributed by atoms with Crippen molar-refractivity contribution >= 4 is 32.4 Å². The predicted octanol–water partition coefficient (Wildman–Crippen LogP) is 3.97. The molecular formula is C20H18FN3O3S2. The number of thiazole rings is 1. The van der Waals surface area contributed by atoms with Crippen molar-refractivity contribution in [1.29, 1.82) is 0 Å². The molecule has 0 fully saturated rings. The maximum absolute atomic E-state index is 13.1. The van der Waals surface area contributed by atoms with Gasteiger partial charge in [0.1, 0.15) is 5.82 Å². The van der Waals surface area contributed by atoms with Crippen LogP contribution in [0.15, 0.2) is 66.1 Å². The highest BCUT2D eigenvalue weighted by atomic mass is 32.2. The number of nitrogens with one attached hydrogen (secondary N) is 2. The SMILES string of the molecule is C=CCNS(=O)(=O)c1ccc(C(=O)Nc2nc(-c3ccc(F)cc3)c(C)s2)cc1. The van der Waals surface area contributed by atoms with Crippen LogP contribution >= 0.6 is 11.3 Å². The number of aromatic nitrogens is 1. The van der Waals surface area contributed by atoms with Gasteiger partial charge in [0.25, 0.3) is 5.91 Å². The third-order valence-corrected chi connectivity index (χ3v) is 6.30. The molecular weight excluding hydrogens is 413 g/mol. The number of aryl methyl sites for hydroxylation is 1. The summed E-state index contributed by atoms with van der Waals surface area (Å²) in [7, 11) is -3.65. The highest BCUT2D eigenvalue weighted by Crippen LogP contribution is 2.30. The van der Waals surface area contributed by atoms with Crippen molar-refractivity contribution in [3.05, 3.63) is 77.4 Å². The number of sulfonamides is 1. The Bertz CT molecular complexity index is 1140. The molecule has 0 spiro atoms. The number of carbonyl (C=O) groups is 1. The summed E-state index contributed by atoms with van der Waals surface area (Å²) in [6.07, 6.45) is 1.44. The van der Waals surface area contributed by atoms with E-state index in [4.69, 9.17) is 0 Å². The highest BCUT2D eigenvalue weighted by Gasteiger charge is 2.16. The minimum Gasteiger partial charge on any atom is -0.298 e. The summed E-state index contributed by atoms with van der Waals surface area (Å²) in [5.74, 6) is -0.743. The quantitative estimate of drug-likeness (QED) is 0.554. The minimum absolute atomic E-state index is 0.0552. The fourth-order valence-electron chi connectivity index (χ4n) is 2.53. The van der Waals surface area contributed by atoms with Gasteiger partial charge in [-0.05, 0) is 55.5 Å². The van der Waals surface area contributed by atoms with Crippen LogP contribution in [0.2, 0.25) is 0 Å². The topological polar surface area (TPSA) is 88.2 Å². The van der Waals surface area contributed by atoms with E-state index in [2.05, 4.69) is 21.6 Å². The molecule has 3 aromatic rings. The first-order valence-corrected chi connectivity index (χ1v) is 10.9. The number of rotatable bonds is 7. The molecule has 0 bridgehead atoms. The predicted molar refractivity (Wildman–Crippen MR) is 112 cm³/mol. The Morgan fingerprint density at radius 1 is 1.17 bits per heavy atom. The van der Waals surface area contributed by atoms with E-state index in [0.717, 1.165) is 10.4 Å². The summed E-state index contributed by atoms with van der Waals surface area (Å²) in [5.41, 5.74) is 1.71. The second-order valence-corrected chi connectivity index (χ2v) is 9.02. The van der Waals surface area contributed by atoms with E-state index in [9.17, 15) is 17.6 Å². The maximum atomic E-state index is 13.1. The van der Waals surface area contributed by atoms with Crippen molar-refractivity contribution in [3.63, 3.8) is 0 Å². The molecule has 150 valence electrons. The van der Waals surface area contributed by atoms with Crippen LogP contribution in [0.1, 0.15) is 15.2 Å². The first-order chi connectivity index (χ1) is 13.8. The van der Waals surface area contributed by atoms with Gasteiger partial charge in [0.05, 0.1) is 10.6 Å². The average Bonchev–Trinajstić information content (AvgIpc) is 3.07. The smallest absolute Gasteiger partial charge is 0.257 e. The molecule has 1 heterocycles. The van der Waals surface area contributed by atoms with Crippen LogP contribution in [-0.4, -0.2) is 25.9 Å². The Kier molecular flexibility index (Phi) is 6.21. The van der Waals surface area contributed by atoms with Crippen LogP contribution in [0.5, 0.6) is 0 Å². The number of benzene rings is 2. The molecule has 0 saturated carbocycles. The zero-order valence-corrected chi connectivity index (χ0v) is 17.1. The zero-order chi connectivity index (χ0) is 21.0. The first-order valence-electron chi connectivity index (χ1n) is 8.55. The molecule has 0 unspecified atom stereocenters. The van der Waals surface area contributed by atoms with Crippen molar-refractivity contribution < 1.29 is 17.6 Å². The molecule has 0 saturated heterocycles. The Morgan fingerprint density at radius 2 is 1.83 bits per heavy atom. The van der Waals surface area contributed by atoms with E-state index >= 15 is 0 Å². The Labute approximate surface area is 172 Å². The van der Waals surface area contributed by atoms with Crippen molar-refractivity contribution in [2.24, 2.45) is 0 Å². The van der Waals surface area contributed by atoms with E-state index in [-0.39, 0.29) is 17.3 Å². The molecule has 29 heavy (non-hydrogen) atoms. The van der Waals surface area contributed by atoms with E-state index in [0.29, 0.717) is 16.4 Å².